The summed E-state index contributed by atoms with van der Waals surface area (Å²) in [7, 11) is 1.86. The molecule has 0 spiro atoms. The number of aliphatic hydroxyl groups excluding tert-OH is 1. The third kappa shape index (κ3) is 4.27. The number of carboxylic acids is 1. The molecule has 5 nitrogen and oxygen atoms in total. The molecule has 0 aromatic heterocycles. The normalized spacial score (nSPS) is 17.9. The highest BCUT2D eigenvalue weighted by Crippen LogP contribution is 2.24. The summed E-state index contributed by atoms with van der Waals surface area (Å²) in [6, 6.07) is 6.46. The van der Waals surface area contributed by atoms with Gasteiger partial charge < -0.3 is 14.9 Å². The van der Waals surface area contributed by atoms with E-state index >= 15 is 0 Å². The molecule has 2 N–H and O–H groups in total. The van der Waals surface area contributed by atoms with E-state index in [1.165, 1.54) is 0 Å². The first-order valence-corrected chi connectivity index (χ1v) is 7.32. The number of aliphatic carboxylic acids is 1. The van der Waals surface area contributed by atoms with Crippen LogP contribution in [0, 0.1) is 5.92 Å². The molecule has 1 heterocycles. The minimum absolute atomic E-state index is 0.0318. The predicted molar refractivity (Wildman–Crippen MR) is 78.9 cm³/mol. The summed E-state index contributed by atoms with van der Waals surface area (Å²) < 4.78 is 5.34. The van der Waals surface area contributed by atoms with Gasteiger partial charge in [-0.2, -0.15) is 0 Å². The van der Waals surface area contributed by atoms with Gasteiger partial charge in [-0.1, -0.05) is 24.3 Å². The van der Waals surface area contributed by atoms with Crippen molar-refractivity contribution in [2.75, 3.05) is 26.8 Å². The lowest BCUT2D eigenvalue weighted by atomic mass is 9.97. The molecular weight excluding hydrogens is 270 g/mol. The van der Waals surface area contributed by atoms with Gasteiger partial charge in [0.15, 0.2) is 0 Å². The molecule has 1 aliphatic heterocycles. The lowest BCUT2D eigenvalue weighted by molar-refractivity contribution is -0.143. The van der Waals surface area contributed by atoms with Crippen LogP contribution in [0.25, 0.3) is 0 Å². The number of carboxylic acid groups (broad SMARTS) is 1. The molecule has 1 atom stereocenters. The van der Waals surface area contributed by atoms with Gasteiger partial charge in [-0.15, -0.1) is 0 Å². The van der Waals surface area contributed by atoms with E-state index in [0.717, 1.165) is 43.7 Å². The fourth-order valence-corrected chi connectivity index (χ4v) is 2.83. The summed E-state index contributed by atoms with van der Waals surface area (Å²) in [5.41, 5.74) is 1.53. The molecule has 2 rings (SSSR count). The van der Waals surface area contributed by atoms with Crippen molar-refractivity contribution in [3.05, 3.63) is 35.4 Å². The third-order valence-electron chi connectivity index (χ3n) is 4.04. The van der Waals surface area contributed by atoms with E-state index < -0.39 is 12.0 Å². The summed E-state index contributed by atoms with van der Waals surface area (Å²) in [5.74, 6) is -0.358. The molecule has 1 saturated heterocycles. The Morgan fingerprint density at radius 2 is 1.95 bits per heavy atom. The number of carbonyl (C=O) groups is 1. The zero-order valence-corrected chi connectivity index (χ0v) is 12.4. The summed E-state index contributed by atoms with van der Waals surface area (Å²) in [6.07, 6.45) is 1.97. The Hall–Kier alpha value is -1.43. The Kier molecular flexibility index (Phi) is 5.73. The monoisotopic (exact) mass is 293 g/mol. The summed E-state index contributed by atoms with van der Waals surface area (Å²) in [4.78, 5) is 13.5. The molecule has 0 saturated carbocycles. The quantitative estimate of drug-likeness (QED) is 0.835. The van der Waals surface area contributed by atoms with Crippen molar-refractivity contribution in [3.63, 3.8) is 0 Å². The molecule has 0 unspecified atom stereocenters. The molecule has 21 heavy (non-hydrogen) atoms. The molecular formula is C16H23NO4. The zero-order chi connectivity index (χ0) is 15.2. The molecule has 1 fully saturated rings. The second kappa shape index (κ2) is 7.54. The van der Waals surface area contributed by atoms with Gasteiger partial charge in [-0.3, -0.25) is 9.69 Å². The van der Waals surface area contributed by atoms with Gasteiger partial charge in [-0.25, -0.2) is 0 Å². The van der Waals surface area contributed by atoms with Crippen molar-refractivity contribution in [1.29, 1.82) is 0 Å². The van der Waals surface area contributed by atoms with Crippen LogP contribution in [0.2, 0.25) is 0 Å². The van der Waals surface area contributed by atoms with Crippen LogP contribution in [0.5, 0.6) is 0 Å². The number of benzene rings is 1. The minimum atomic E-state index is -0.846. The third-order valence-corrected chi connectivity index (χ3v) is 4.04. The second-order valence-electron chi connectivity index (χ2n) is 5.64. The van der Waals surface area contributed by atoms with Crippen LogP contribution in [0.3, 0.4) is 0 Å². The molecule has 0 amide bonds. The topological polar surface area (TPSA) is 70.0 Å². The summed E-state index contributed by atoms with van der Waals surface area (Å²) in [6.45, 7) is 2.25. The van der Waals surface area contributed by atoms with E-state index in [4.69, 9.17) is 9.84 Å². The molecule has 1 aromatic rings. The number of hydrogen-bond donors (Lipinski definition) is 2. The molecule has 0 radical (unpaired) electrons. The number of ether oxygens (including phenoxy) is 1. The van der Waals surface area contributed by atoms with Crippen LogP contribution < -0.4 is 0 Å². The predicted octanol–water partition coefficient (Wildman–Crippen LogP) is 1.66. The van der Waals surface area contributed by atoms with Crippen molar-refractivity contribution >= 4 is 5.97 Å². The van der Waals surface area contributed by atoms with Crippen LogP contribution in [-0.4, -0.2) is 47.9 Å². The van der Waals surface area contributed by atoms with E-state index in [0.29, 0.717) is 5.92 Å². The highest BCUT2D eigenvalue weighted by Gasteiger charge is 2.27. The summed E-state index contributed by atoms with van der Waals surface area (Å²) >= 11 is 0. The van der Waals surface area contributed by atoms with Crippen molar-refractivity contribution < 1.29 is 19.7 Å². The number of likely N-dealkylation sites (N-methyl/N-ethyl adjacent to an activating group) is 1. The van der Waals surface area contributed by atoms with Gasteiger partial charge >= 0.3 is 5.97 Å². The first-order valence-electron chi connectivity index (χ1n) is 7.32. The van der Waals surface area contributed by atoms with Crippen molar-refractivity contribution in [3.8, 4) is 0 Å². The number of rotatable bonds is 6. The Morgan fingerprint density at radius 3 is 2.48 bits per heavy atom. The maximum absolute atomic E-state index is 11.6. The van der Waals surface area contributed by atoms with Gasteiger partial charge in [-0.05, 0) is 36.9 Å². The Morgan fingerprint density at radius 1 is 1.33 bits per heavy atom. The van der Waals surface area contributed by atoms with Crippen LogP contribution in [0.1, 0.15) is 30.0 Å². The Labute approximate surface area is 125 Å². The highest BCUT2D eigenvalue weighted by molar-refractivity contribution is 5.75. The fourth-order valence-electron chi connectivity index (χ4n) is 2.83. The van der Waals surface area contributed by atoms with Crippen LogP contribution in [0.4, 0.5) is 0 Å². The first kappa shape index (κ1) is 15.9. The van der Waals surface area contributed by atoms with Gasteiger partial charge in [0.2, 0.25) is 0 Å². The fraction of sp³-hybridized carbons (Fsp3) is 0.562. The van der Waals surface area contributed by atoms with Crippen LogP contribution >= 0.6 is 0 Å². The maximum Gasteiger partial charge on any atom is 0.325 e. The van der Waals surface area contributed by atoms with E-state index in [1.54, 1.807) is 24.3 Å². The second-order valence-corrected chi connectivity index (χ2v) is 5.64. The average molecular weight is 293 g/mol. The largest absolute Gasteiger partial charge is 0.480 e. The number of hydrogen-bond acceptors (Lipinski definition) is 4. The lowest BCUT2D eigenvalue weighted by Crippen LogP contribution is -2.36. The van der Waals surface area contributed by atoms with Crippen molar-refractivity contribution in [2.45, 2.75) is 25.5 Å². The summed E-state index contributed by atoms with van der Waals surface area (Å²) in [5, 5.41) is 18.6. The lowest BCUT2D eigenvalue weighted by Gasteiger charge is -2.31. The van der Waals surface area contributed by atoms with Crippen LogP contribution in [0.15, 0.2) is 24.3 Å². The van der Waals surface area contributed by atoms with Crippen molar-refractivity contribution in [1.82, 2.24) is 4.90 Å². The average Bonchev–Trinajstić information content (AvgIpc) is 2.49. The number of nitrogens with zero attached hydrogens (tertiary/aromatic N) is 1. The maximum atomic E-state index is 11.6. The van der Waals surface area contributed by atoms with Crippen LogP contribution in [-0.2, 0) is 16.1 Å². The van der Waals surface area contributed by atoms with E-state index in [2.05, 4.69) is 0 Å². The smallest absolute Gasteiger partial charge is 0.325 e. The molecule has 116 valence electrons. The van der Waals surface area contributed by atoms with Gasteiger partial charge in [0, 0.05) is 19.8 Å². The zero-order valence-electron chi connectivity index (χ0n) is 12.4. The number of aliphatic hydroxyl groups is 1. The molecule has 1 aliphatic rings. The standard InChI is InChI=1S/C16H23NO4/c1-17(10-12-6-8-21-9-7-12)15(16(19)20)14-4-2-13(11-18)3-5-14/h2-5,12,15,18H,6-11H2,1H3,(H,19,20)/t15-/m0/s1. The van der Waals surface area contributed by atoms with E-state index in [-0.39, 0.29) is 6.61 Å². The Bertz CT molecular complexity index is 454. The van der Waals surface area contributed by atoms with Gasteiger partial charge in [0.05, 0.1) is 6.61 Å². The molecule has 0 aliphatic carbocycles. The molecule has 1 aromatic carbocycles. The first-order chi connectivity index (χ1) is 10.1. The SMILES string of the molecule is CN(CC1CCOCC1)[C@H](C(=O)O)c1ccc(CO)cc1. The van der Waals surface area contributed by atoms with E-state index in [9.17, 15) is 9.90 Å². The van der Waals surface area contributed by atoms with Gasteiger partial charge in [0.25, 0.3) is 0 Å². The molecule has 0 bridgehead atoms. The Balaban J connectivity index is 2.07. The van der Waals surface area contributed by atoms with E-state index in [1.807, 2.05) is 11.9 Å². The highest BCUT2D eigenvalue weighted by atomic mass is 16.5. The minimum Gasteiger partial charge on any atom is -0.480 e. The van der Waals surface area contributed by atoms with Gasteiger partial charge in [0.1, 0.15) is 6.04 Å². The molecule has 5 heteroatoms. The van der Waals surface area contributed by atoms with Crippen molar-refractivity contribution in [2.24, 2.45) is 5.92 Å².